The van der Waals surface area contributed by atoms with E-state index in [1.807, 2.05) is 30.5 Å². The molecular weight excluding hydrogens is 294 g/mol. The molecular formula is C14H21NO3S2. The Kier molecular flexibility index (Phi) is 9.36. The van der Waals surface area contributed by atoms with Gasteiger partial charge in [0.25, 0.3) is 0 Å². The minimum Gasteiger partial charge on any atom is -0.494 e. The second-order valence-electron chi connectivity index (χ2n) is 4.02. The van der Waals surface area contributed by atoms with E-state index in [0.717, 1.165) is 24.3 Å². The Balaban J connectivity index is 2.09. The lowest BCUT2D eigenvalue weighted by Gasteiger charge is -2.08. The normalized spacial score (nSPS) is 10.3. The molecule has 0 bridgehead atoms. The molecule has 1 aromatic rings. The number of hydrogen-bond acceptors (Lipinski definition) is 6. The molecule has 0 radical (unpaired) electrons. The van der Waals surface area contributed by atoms with Gasteiger partial charge in [-0.1, -0.05) is 29.8 Å². The maximum Gasteiger partial charge on any atom is 0.214 e. The van der Waals surface area contributed by atoms with Crippen LogP contribution in [0.3, 0.4) is 0 Å². The third-order valence-corrected chi connectivity index (χ3v) is 3.47. The van der Waals surface area contributed by atoms with Gasteiger partial charge in [0.1, 0.15) is 12.4 Å². The Morgan fingerprint density at radius 2 is 2.05 bits per heavy atom. The van der Waals surface area contributed by atoms with E-state index >= 15 is 0 Å². The molecule has 1 aromatic carbocycles. The third-order valence-electron chi connectivity index (χ3n) is 2.45. The fourth-order valence-corrected chi connectivity index (χ4v) is 2.04. The zero-order chi connectivity index (χ0) is 14.6. The fraction of sp³-hybridized carbons (Fsp3) is 0.500. The zero-order valence-electron chi connectivity index (χ0n) is 11.9. The summed E-state index contributed by atoms with van der Waals surface area (Å²) < 4.78 is 14.1. The van der Waals surface area contributed by atoms with Crippen molar-refractivity contribution in [1.82, 2.24) is 0 Å². The molecule has 6 heteroatoms. The van der Waals surface area contributed by atoms with Gasteiger partial charge in [-0.05, 0) is 31.2 Å². The zero-order valence-corrected chi connectivity index (χ0v) is 13.5. The molecule has 0 unspecified atom stereocenters. The Morgan fingerprint density at radius 1 is 1.25 bits per heavy atom. The van der Waals surface area contributed by atoms with Crippen LogP contribution in [0.2, 0.25) is 0 Å². The van der Waals surface area contributed by atoms with E-state index in [-0.39, 0.29) is 11.7 Å². The van der Waals surface area contributed by atoms with E-state index < -0.39 is 0 Å². The lowest BCUT2D eigenvalue weighted by atomic mass is 10.3. The topological polar surface area (TPSA) is 47.6 Å². The summed E-state index contributed by atoms with van der Waals surface area (Å²) in [5, 5.41) is 0.0689. The molecule has 0 aliphatic rings. The number of rotatable bonds is 10. The van der Waals surface area contributed by atoms with Crippen LogP contribution in [0.5, 0.6) is 5.75 Å². The van der Waals surface area contributed by atoms with Crippen LogP contribution in [0.1, 0.15) is 12.8 Å². The molecule has 1 rings (SSSR count). The van der Waals surface area contributed by atoms with Gasteiger partial charge in [-0.15, -0.1) is 0 Å². The summed E-state index contributed by atoms with van der Waals surface area (Å²) in [6, 6.07) is 7.88. The van der Waals surface area contributed by atoms with Gasteiger partial charge in [-0.2, -0.15) is 0 Å². The van der Waals surface area contributed by atoms with Crippen molar-refractivity contribution in [3.8, 4) is 5.75 Å². The first-order valence-electron chi connectivity index (χ1n) is 6.42. The SMILES string of the molecule is CSNc1cccc(OCCCCOCC(=O)SC)c1. The molecule has 0 amide bonds. The van der Waals surface area contributed by atoms with Crippen LogP contribution in [-0.4, -0.2) is 37.4 Å². The summed E-state index contributed by atoms with van der Waals surface area (Å²) in [4.78, 5) is 11.0. The van der Waals surface area contributed by atoms with Crippen molar-refractivity contribution < 1.29 is 14.3 Å². The molecule has 0 aliphatic heterocycles. The number of anilines is 1. The van der Waals surface area contributed by atoms with Crippen molar-refractivity contribution in [2.45, 2.75) is 12.8 Å². The van der Waals surface area contributed by atoms with Crippen LogP contribution in [0, 0.1) is 0 Å². The number of hydrogen-bond donors (Lipinski definition) is 1. The van der Waals surface area contributed by atoms with Gasteiger partial charge in [0, 0.05) is 24.6 Å². The second-order valence-corrected chi connectivity index (χ2v) is 5.49. The van der Waals surface area contributed by atoms with Crippen molar-refractivity contribution in [2.24, 2.45) is 0 Å². The Bertz CT molecular complexity index is 402. The molecule has 4 nitrogen and oxygen atoms in total. The van der Waals surface area contributed by atoms with Crippen molar-refractivity contribution in [3.63, 3.8) is 0 Å². The molecule has 112 valence electrons. The minimum absolute atomic E-state index is 0.0689. The van der Waals surface area contributed by atoms with Gasteiger partial charge in [-0.25, -0.2) is 0 Å². The van der Waals surface area contributed by atoms with Gasteiger partial charge in [0.2, 0.25) is 5.12 Å². The largest absolute Gasteiger partial charge is 0.494 e. The summed E-state index contributed by atoms with van der Waals surface area (Å²) in [7, 11) is 0. The Labute approximate surface area is 129 Å². The molecule has 20 heavy (non-hydrogen) atoms. The first kappa shape index (κ1) is 17.2. The van der Waals surface area contributed by atoms with E-state index in [1.54, 1.807) is 18.2 Å². The quantitative estimate of drug-likeness (QED) is 0.527. The molecule has 1 N–H and O–H groups in total. The first-order chi connectivity index (χ1) is 9.76. The van der Waals surface area contributed by atoms with Crippen LogP contribution in [-0.2, 0) is 9.53 Å². The number of benzene rings is 1. The highest BCUT2D eigenvalue weighted by atomic mass is 32.2. The summed E-state index contributed by atoms with van der Waals surface area (Å²) in [6.07, 6.45) is 5.55. The molecule has 0 fully saturated rings. The lowest BCUT2D eigenvalue weighted by Crippen LogP contribution is -2.06. The van der Waals surface area contributed by atoms with E-state index in [1.165, 1.54) is 11.8 Å². The molecule has 0 spiro atoms. The minimum atomic E-state index is 0.0689. The molecule has 0 aromatic heterocycles. The number of carbonyl (C=O) groups is 1. The van der Waals surface area contributed by atoms with Gasteiger partial charge < -0.3 is 14.2 Å². The van der Waals surface area contributed by atoms with Crippen molar-refractivity contribution >= 4 is 34.5 Å². The maximum atomic E-state index is 11.0. The number of nitrogens with one attached hydrogen (secondary N) is 1. The summed E-state index contributed by atoms with van der Waals surface area (Å²) >= 11 is 2.75. The first-order valence-corrected chi connectivity index (χ1v) is 8.87. The highest BCUT2D eigenvalue weighted by Gasteiger charge is 1.99. The van der Waals surface area contributed by atoms with E-state index in [9.17, 15) is 4.79 Å². The molecule has 0 saturated heterocycles. The summed E-state index contributed by atoms with van der Waals surface area (Å²) in [5.41, 5.74) is 1.04. The van der Waals surface area contributed by atoms with Crippen LogP contribution in [0.4, 0.5) is 5.69 Å². The van der Waals surface area contributed by atoms with Crippen molar-refractivity contribution in [3.05, 3.63) is 24.3 Å². The van der Waals surface area contributed by atoms with Gasteiger partial charge in [0.05, 0.1) is 6.61 Å². The molecule has 0 aliphatic carbocycles. The van der Waals surface area contributed by atoms with Gasteiger partial charge >= 0.3 is 0 Å². The summed E-state index contributed by atoms with van der Waals surface area (Å²) in [5.74, 6) is 0.863. The average Bonchev–Trinajstić information content (AvgIpc) is 2.46. The van der Waals surface area contributed by atoms with Gasteiger partial charge in [-0.3, -0.25) is 4.79 Å². The average molecular weight is 315 g/mol. The van der Waals surface area contributed by atoms with Crippen molar-refractivity contribution in [2.75, 3.05) is 37.1 Å². The Morgan fingerprint density at radius 3 is 2.80 bits per heavy atom. The summed E-state index contributed by atoms with van der Waals surface area (Å²) in [6.45, 7) is 1.46. The van der Waals surface area contributed by atoms with Crippen LogP contribution >= 0.6 is 23.7 Å². The van der Waals surface area contributed by atoms with E-state index in [4.69, 9.17) is 9.47 Å². The number of carbonyl (C=O) groups excluding carboxylic acids is 1. The van der Waals surface area contributed by atoms with Crippen LogP contribution in [0.15, 0.2) is 24.3 Å². The predicted molar refractivity (Wildman–Crippen MR) is 87.6 cm³/mol. The standard InChI is InChI=1S/C14H21NO3S2/c1-19-14(16)11-17-8-3-4-9-18-13-7-5-6-12(10-13)15-20-2/h5-7,10,15H,3-4,8-9,11H2,1-2H3. The highest BCUT2D eigenvalue weighted by Crippen LogP contribution is 2.19. The third kappa shape index (κ3) is 7.67. The molecule has 0 atom stereocenters. The van der Waals surface area contributed by atoms with Crippen LogP contribution < -0.4 is 9.46 Å². The number of unbranched alkanes of at least 4 members (excludes halogenated alkanes) is 1. The fourth-order valence-electron chi connectivity index (χ4n) is 1.48. The van der Waals surface area contributed by atoms with Crippen molar-refractivity contribution in [1.29, 1.82) is 0 Å². The maximum absolute atomic E-state index is 11.0. The monoisotopic (exact) mass is 315 g/mol. The molecule has 0 heterocycles. The predicted octanol–water partition coefficient (Wildman–Crippen LogP) is 3.44. The van der Waals surface area contributed by atoms with Crippen LogP contribution in [0.25, 0.3) is 0 Å². The number of ether oxygens (including phenoxy) is 2. The van der Waals surface area contributed by atoms with Gasteiger partial charge in [0.15, 0.2) is 0 Å². The second kappa shape index (κ2) is 10.9. The van der Waals surface area contributed by atoms with E-state index in [0.29, 0.717) is 13.2 Å². The highest BCUT2D eigenvalue weighted by molar-refractivity contribution is 8.13. The smallest absolute Gasteiger partial charge is 0.214 e. The Hall–Kier alpha value is -0.850. The van der Waals surface area contributed by atoms with E-state index in [2.05, 4.69) is 4.72 Å². The molecule has 0 saturated carbocycles. The number of thioether (sulfide) groups is 1. The lowest BCUT2D eigenvalue weighted by molar-refractivity contribution is -0.115.